The van der Waals surface area contributed by atoms with Gasteiger partial charge in [0, 0.05) is 15.5 Å². The van der Waals surface area contributed by atoms with Crippen LogP contribution in [0.25, 0.3) is 0 Å². The van der Waals surface area contributed by atoms with E-state index in [-0.39, 0.29) is 5.91 Å². The van der Waals surface area contributed by atoms with Crippen molar-refractivity contribution in [2.24, 2.45) is 0 Å². The molecule has 0 N–H and O–H groups in total. The van der Waals surface area contributed by atoms with Crippen LogP contribution < -0.4 is 4.90 Å². The van der Waals surface area contributed by atoms with Crippen molar-refractivity contribution in [3.05, 3.63) is 71.9 Å². The molecular weight excluding hydrogens is 386 g/mol. The number of hydrogen-bond acceptors (Lipinski definition) is 5. The van der Waals surface area contributed by atoms with Crippen LogP contribution in [0.3, 0.4) is 0 Å². The zero-order valence-electron chi connectivity index (χ0n) is 15.4. The molecule has 1 unspecified atom stereocenters. The zero-order chi connectivity index (χ0) is 19.7. The van der Waals surface area contributed by atoms with E-state index in [0.717, 1.165) is 26.9 Å². The highest BCUT2D eigenvalue weighted by Gasteiger charge is 2.31. The Kier molecular flexibility index (Phi) is 5.12. The Morgan fingerprint density at radius 2 is 1.68 bits per heavy atom. The topological polar surface area (TPSA) is 57.0 Å². The van der Waals surface area contributed by atoms with E-state index in [1.165, 1.54) is 11.8 Å². The Hall–Kier alpha value is -2.75. The number of anilines is 2. The third kappa shape index (κ3) is 3.39. The molecule has 3 aromatic rings. The molecule has 0 fully saturated rings. The van der Waals surface area contributed by atoms with E-state index in [4.69, 9.17) is 0 Å². The molecule has 0 radical (unpaired) electrons. The second-order valence-electron chi connectivity index (χ2n) is 6.39. The third-order valence-electron chi connectivity index (χ3n) is 4.41. The summed E-state index contributed by atoms with van der Waals surface area (Å²) in [6.07, 6.45) is 0. The Balaban J connectivity index is 1.71. The average Bonchev–Trinajstić information content (AvgIpc) is 2.71. The van der Waals surface area contributed by atoms with Crippen molar-refractivity contribution < 1.29 is 4.79 Å². The van der Waals surface area contributed by atoms with Crippen LogP contribution in [0.1, 0.15) is 18.2 Å². The number of fused-ring (bicyclic) bond motifs is 2. The number of nitrogens with zero attached hydrogens (tertiary/aromatic N) is 3. The molecule has 1 amide bonds. The van der Waals surface area contributed by atoms with Crippen molar-refractivity contribution >= 4 is 40.8 Å². The van der Waals surface area contributed by atoms with Crippen molar-refractivity contribution in [3.8, 4) is 6.07 Å². The number of aryl methyl sites for hydroxylation is 1. The summed E-state index contributed by atoms with van der Waals surface area (Å²) in [5.74, 6) is -0.0302. The van der Waals surface area contributed by atoms with E-state index < -0.39 is 5.25 Å². The van der Waals surface area contributed by atoms with Crippen LogP contribution in [-0.2, 0) is 4.79 Å². The Labute approximate surface area is 172 Å². The minimum Gasteiger partial charge on any atom is -0.278 e. The maximum atomic E-state index is 13.5. The van der Waals surface area contributed by atoms with Crippen LogP contribution in [0.5, 0.6) is 0 Å². The van der Waals surface area contributed by atoms with Gasteiger partial charge in [-0.2, -0.15) is 5.26 Å². The van der Waals surface area contributed by atoms with Crippen LogP contribution in [0.15, 0.2) is 75.5 Å². The molecule has 0 bridgehead atoms. The first kappa shape index (κ1) is 18.6. The molecule has 4 rings (SSSR count). The first-order valence-electron chi connectivity index (χ1n) is 8.83. The summed E-state index contributed by atoms with van der Waals surface area (Å²) >= 11 is 3.00. The number of benzene rings is 2. The molecule has 0 saturated carbocycles. The summed E-state index contributed by atoms with van der Waals surface area (Å²) in [5, 5.41) is 9.56. The molecule has 0 saturated heterocycles. The molecule has 0 aliphatic carbocycles. The van der Waals surface area contributed by atoms with E-state index in [2.05, 4.69) is 11.1 Å². The van der Waals surface area contributed by atoms with Crippen molar-refractivity contribution in [2.75, 3.05) is 4.90 Å². The molecule has 6 heteroatoms. The highest BCUT2D eigenvalue weighted by atomic mass is 32.2. The highest BCUT2D eigenvalue weighted by molar-refractivity contribution is 8.00. The number of carbonyl (C=O) groups is 1. The average molecular weight is 404 g/mol. The largest absolute Gasteiger partial charge is 0.278 e. The number of amides is 1. The van der Waals surface area contributed by atoms with E-state index in [9.17, 15) is 10.1 Å². The normalized spacial score (nSPS) is 13.2. The fourth-order valence-electron chi connectivity index (χ4n) is 3.05. The number of carbonyl (C=O) groups excluding carboxylic acids is 1. The lowest BCUT2D eigenvalue weighted by atomic mass is 10.2. The van der Waals surface area contributed by atoms with Gasteiger partial charge in [0.25, 0.3) is 0 Å². The molecule has 0 spiro atoms. The van der Waals surface area contributed by atoms with E-state index in [1.807, 2.05) is 68.4 Å². The monoisotopic (exact) mass is 403 g/mol. The fourth-order valence-corrected chi connectivity index (χ4v) is 5.09. The van der Waals surface area contributed by atoms with Crippen LogP contribution in [-0.4, -0.2) is 16.1 Å². The molecule has 1 atom stereocenters. The Bertz CT molecular complexity index is 1060. The van der Waals surface area contributed by atoms with Gasteiger partial charge in [0.05, 0.1) is 22.2 Å². The van der Waals surface area contributed by atoms with E-state index in [1.54, 1.807) is 22.7 Å². The van der Waals surface area contributed by atoms with Gasteiger partial charge in [0.1, 0.15) is 11.1 Å². The van der Waals surface area contributed by atoms with E-state index >= 15 is 0 Å². The van der Waals surface area contributed by atoms with Gasteiger partial charge in [-0.05, 0) is 50.2 Å². The zero-order valence-corrected chi connectivity index (χ0v) is 17.1. The van der Waals surface area contributed by atoms with Crippen LogP contribution in [0.2, 0.25) is 0 Å². The number of thioether (sulfide) groups is 1. The number of pyridine rings is 1. The summed E-state index contributed by atoms with van der Waals surface area (Å²) in [7, 11) is 0. The summed E-state index contributed by atoms with van der Waals surface area (Å²) < 4.78 is 0. The summed E-state index contributed by atoms with van der Waals surface area (Å²) in [4.78, 5) is 21.9. The second-order valence-corrected chi connectivity index (χ2v) is 8.80. The van der Waals surface area contributed by atoms with Gasteiger partial charge in [-0.15, -0.1) is 0 Å². The number of aromatic nitrogens is 1. The minimum atomic E-state index is -0.398. The Morgan fingerprint density at radius 3 is 2.29 bits per heavy atom. The number of nitriles is 1. The quantitative estimate of drug-likeness (QED) is 0.535. The maximum absolute atomic E-state index is 13.5. The molecular formula is C22H17N3OS2. The van der Waals surface area contributed by atoms with Gasteiger partial charge in [0.2, 0.25) is 5.91 Å². The molecule has 4 nitrogen and oxygen atoms in total. The lowest BCUT2D eigenvalue weighted by Crippen LogP contribution is -2.34. The predicted octanol–water partition coefficient (Wildman–Crippen LogP) is 5.57. The molecule has 2 aromatic carbocycles. The number of hydrogen-bond donors (Lipinski definition) is 0. The molecule has 2 heterocycles. The lowest BCUT2D eigenvalue weighted by Gasteiger charge is -2.32. The number of para-hydroxylation sites is 2. The SMILES string of the molecule is Cc1ccc(C#N)c(SC(C)C(=O)N2c3ccccc3Sc3ccccc32)n1. The minimum absolute atomic E-state index is 0.0302. The molecule has 138 valence electrons. The van der Waals surface area contributed by atoms with Gasteiger partial charge in [-0.1, -0.05) is 47.8 Å². The van der Waals surface area contributed by atoms with Crippen molar-refractivity contribution in [3.63, 3.8) is 0 Å². The standard InChI is InChI=1S/C22H17N3OS2/c1-14-11-12-16(13-23)21(24-14)27-15(2)22(26)25-17-7-3-5-9-19(17)28-20-10-6-4-8-18(20)25/h3-12,15H,1-2H3. The van der Waals surface area contributed by atoms with Gasteiger partial charge in [-0.25, -0.2) is 4.98 Å². The predicted molar refractivity (Wildman–Crippen MR) is 113 cm³/mol. The smallest absolute Gasteiger partial charge is 0.244 e. The van der Waals surface area contributed by atoms with E-state index in [0.29, 0.717) is 10.6 Å². The van der Waals surface area contributed by atoms with Crippen LogP contribution in [0.4, 0.5) is 11.4 Å². The van der Waals surface area contributed by atoms with Gasteiger partial charge < -0.3 is 0 Å². The summed E-state index contributed by atoms with van der Waals surface area (Å²) in [6, 6.07) is 21.6. The van der Waals surface area contributed by atoms with Crippen molar-refractivity contribution in [1.29, 1.82) is 5.26 Å². The van der Waals surface area contributed by atoms with Gasteiger partial charge >= 0.3 is 0 Å². The first-order valence-corrected chi connectivity index (χ1v) is 10.5. The Morgan fingerprint density at radius 1 is 1.07 bits per heavy atom. The fraction of sp³-hybridized carbons (Fsp3) is 0.136. The van der Waals surface area contributed by atoms with Crippen LogP contribution in [0, 0.1) is 18.3 Å². The van der Waals surface area contributed by atoms with Crippen LogP contribution >= 0.6 is 23.5 Å². The molecule has 1 aliphatic rings. The first-order chi connectivity index (χ1) is 13.6. The summed E-state index contributed by atoms with van der Waals surface area (Å²) in [6.45, 7) is 3.75. The number of rotatable bonds is 3. The molecule has 1 aliphatic heterocycles. The summed E-state index contributed by atoms with van der Waals surface area (Å²) in [5.41, 5.74) is 3.10. The lowest BCUT2D eigenvalue weighted by molar-refractivity contribution is -0.117. The van der Waals surface area contributed by atoms with Gasteiger partial charge in [0.15, 0.2) is 0 Å². The molecule has 1 aromatic heterocycles. The van der Waals surface area contributed by atoms with Gasteiger partial charge in [-0.3, -0.25) is 9.69 Å². The molecule has 28 heavy (non-hydrogen) atoms. The highest BCUT2D eigenvalue weighted by Crippen LogP contribution is 2.48. The van der Waals surface area contributed by atoms with Crippen molar-refractivity contribution in [1.82, 2.24) is 4.98 Å². The second kappa shape index (κ2) is 7.70. The maximum Gasteiger partial charge on any atom is 0.244 e. The third-order valence-corrected chi connectivity index (χ3v) is 6.63. The van der Waals surface area contributed by atoms with Crippen molar-refractivity contribution in [2.45, 2.75) is 33.9 Å².